The fourth-order valence-corrected chi connectivity index (χ4v) is 3.07. The molecule has 2 saturated carbocycles. The van der Waals surface area contributed by atoms with Crippen molar-refractivity contribution >= 4 is 29.9 Å². The van der Waals surface area contributed by atoms with Gasteiger partial charge in [-0.25, -0.2) is 0 Å². The first kappa shape index (κ1) is 21.0. The van der Waals surface area contributed by atoms with E-state index in [1.54, 1.807) is 7.11 Å². The third-order valence-corrected chi connectivity index (χ3v) is 5.78. The molecule has 0 spiro atoms. The van der Waals surface area contributed by atoms with Gasteiger partial charge < -0.3 is 19.7 Å². The van der Waals surface area contributed by atoms with Crippen molar-refractivity contribution in [3.8, 4) is 0 Å². The number of ether oxygens (including phenoxy) is 2. The Labute approximate surface area is 158 Å². The normalized spacial score (nSPS) is 29.5. The van der Waals surface area contributed by atoms with Crippen LogP contribution in [0, 0.1) is 11.3 Å². The Kier molecular flexibility index (Phi) is 7.60. The molecule has 2 unspecified atom stereocenters. The number of hydrogen-bond acceptors (Lipinski definition) is 3. The molecule has 2 rings (SSSR count). The maximum Gasteiger partial charge on any atom is 0.193 e. The van der Waals surface area contributed by atoms with E-state index in [0.29, 0.717) is 6.04 Å². The predicted molar refractivity (Wildman–Crippen MR) is 106 cm³/mol. The van der Waals surface area contributed by atoms with E-state index in [1.807, 2.05) is 7.05 Å². The maximum absolute atomic E-state index is 5.72. The van der Waals surface area contributed by atoms with Crippen molar-refractivity contribution in [2.45, 2.75) is 51.7 Å². The Bertz CT molecular complexity index is 413. The van der Waals surface area contributed by atoms with E-state index in [-0.39, 0.29) is 35.0 Å². The first-order valence-corrected chi connectivity index (χ1v) is 8.41. The van der Waals surface area contributed by atoms with Gasteiger partial charge in [0, 0.05) is 45.8 Å². The third kappa shape index (κ3) is 4.72. The lowest BCUT2D eigenvalue weighted by molar-refractivity contribution is -0.176. The summed E-state index contributed by atoms with van der Waals surface area (Å²) >= 11 is 0. The SMILES string of the molecule is CN=C(NC1CC(C)(OC)C1(C)C)N(C)CCOCC1CC1.I. The largest absolute Gasteiger partial charge is 0.379 e. The summed E-state index contributed by atoms with van der Waals surface area (Å²) in [6.45, 7) is 9.23. The molecule has 0 aromatic rings. The Balaban J connectivity index is 0.00000264. The molecule has 136 valence electrons. The van der Waals surface area contributed by atoms with Crippen LogP contribution in [0.15, 0.2) is 4.99 Å². The van der Waals surface area contributed by atoms with Gasteiger partial charge in [0.25, 0.3) is 0 Å². The van der Waals surface area contributed by atoms with Crippen molar-refractivity contribution in [2.75, 3.05) is 41.0 Å². The number of nitrogens with one attached hydrogen (secondary N) is 1. The summed E-state index contributed by atoms with van der Waals surface area (Å²) in [5, 5.41) is 3.59. The number of guanidine groups is 1. The van der Waals surface area contributed by atoms with Crippen molar-refractivity contribution in [1.82, 2.24) is 10.2 Å². The molecule has 0 amide bonds. The van der Waals surface area contributed by atoms with E-state index in [9.17, 15) is 0 Å². The Morgan fingerprint density at radius 3 is 2.43 bits per heavy atom. The molecule has 2 fully saturated rings. The summed E-state index contributed by atoms with van der Waals surface area (Å²) in [4.78, 5) is 6.55. The average Bonchev–Trinajstić information content (AvgIpc) is 3.31. The smallest absolute Gasteiger partial charge is 0.193 e. The van der Waals surface area contributed by atoms with E-state index >= 15 is 0 Å². The quantitative estimate of drug-likeness (QED) is 0.287. The minimum atomic E-state index is -0.0601. The van der Waals surface area contributed by atoms with Gasteiger partial charge in [-0.05, 0) is 32.1 Å². The molecule has 0 aliphatic heterocycles. The van der Waals surface area contributed by atoms with Gasteiger partial charge in [-0.15, -0.1) is 24.0 Å². The van der Waals surface area contributed by atoms with Crippen molar-refractivity contribution in [1.29, 1.82) is 0 Å². The molecule has 1 N–H and O–H groups in total. The standard InChI is InChI=1S/C17H33N3O2.HI/c1-16(2)14(11-17(16,3)21-6)19-15(18-4)20(5)9-10-22-12-13-7-8-13;/h13-14H,7-12H2,1-6H3,(H,18,19);1H. The molecule has 23 heavy (non-hydrogen) atoms. The van der Waals surface area contributed by atoms with E-state index < -0.39 is 0 Å². The number of hydrogen-bond donors (Lipinski definition) is 1. The van der Waals surface area contributed by atoms with Crippen LogP contribution in [0.3, 0.4) is 0 Å². The van der Waals surface area contributed by atoms with Crippen LogP contribution < -0.4 is 5.32 Å². The first-order valence-electron chi connectivity index (χ1n) is 8.41. The minimum absolute atomic E-state index is 0. The molecule has 5 nitrogen and oxygen atoms in total. The second kappa shape index (κ2) is 8.34. The van der Waals surface area contributed by atoms with Crippen LogP contribution in [0.2, 0.25) is 0 Å². The van der Waals surface area contributed by atoms with Crippen LogP contribution in [0.4, 0.5) is 0 Å². The molecule has 0 saturated heterocycles. The third-order valence-electron chi connectivity index (χ3n) is 5.78. The van der Waals surface area contributed by atoms with E-state index in [1.165, 1.54) is 12.8 Å². The zero-order chi connectivity index (χ0) is 16.4. The fourth-order valence-electron chi connectivity index (χ4n) is 3.07. The van der Waals surface area contributed by atoms with E-state index in [4.69, 9.17) is 9.47 Å². The van der Waals surface area contributed by atoms with Crippen LogP contribution in [-0.4, -0.2) is 63.5 Å². The fraction of sp³-hybridized carbons (Fsp3) is 0.941. The highest BCUT2D eigenvalue weighted by molar-refractivity contribution is 14.0. The second-order valence-corrected chi connectivity index (χ2v) is 7.54. The van der Waals surface area contributed by atoms with Crippen molar-refractivity contribution in [3.05, 3.63) is 0 Å². The van der Waals surface area contributed by atoms with Gasteiger partial charge in [-0.3, -0.25) is 4.99 Å². The average molecular weight is 439 g/mol. The second-order valence-electron chi connectivity index (χ2n) is 7.54. The minimum Gasteiger partial charge on any atom is -0.379 e. The van der Waals surface area contributed by atoms with Gasteiger partial charge in [0.2, 0.25) is 0 Å². The van der Waals surface area contributed by atoms with Gasteiger partial charge >= 0.3 is 0 Å². The molecule has 2 aliphatic rings. The van der Waals surface area contributed by atoms with Crippen molar-refractivity contribution < 1.29 is 9.47 Å². The Morgan fingerprint density at radius 2 is 1.96 bits per heavy atom. The molecule has 0 aromatic carbocycles. The zero-order valence-corrected chi connectivity index (χ0v) is 17.8. The number of rotatable bonds is 7. The van der Waals surface area contributed by atoms with Crippen LogP contribution >= 0.6 is 24.0 Å². The van der Waals surface area contributed by atoms with Crippen molar-refractivity contribution in [2.24, 2.45) is 16.3 Å². The Hall–Kier alpha value is -0.0800. The summed E-state index contributed by atoms with van der Waals surface area (Å²) in [6, 6.07) is 0.381. The molecular weight excluding hydrogens is 405 g/mol. The van der Waals surface area contributed by atoms with Crippen LogP contribution in [0.25, 0.3) is 0 Å². The summed E-state index contributed by atoms with van der Waals surface area (Å²) in [5.74, 6) is 1.76. The van der Waals surface area contributed by atoms with Crippen molar-refractivity contribution in [3.63, 3.8) is 0 Å². The lowest BCUT2D eigenvalue weighted by atomic mass is 9.56. The van der Waals surface area contributed by atoms with Gasteiger partial charge in [-0.2, -0.15) is 0 Å². The highest BCUT2D eigenvalue weighted by Gasteiger charge is 2.58. The highest BCUT2D eigenvalue weighted by Crippen LogP contribution is 2.51. The zero-order valence-electron chi connectivity index (χ0n) is 15.5. The summed E-state index contributed by atoms with van der Waals surface area (Å²) < 4.78 is 11.4. The van der Waals surface area contributed by atoms with Gasteiger partial charge in [0.15, 0.2) is 5.96 Å². The number of methoxy groups -OCH3 is 1. The summed E-state index contributed by atoms with van der Waals surface area (Å²) in [6.07, 6.45) is 3.68. The Morgan fingerprint density at radius 1 is 1.30 bits per heavy atom. The van der Waals surface area contributed by atoms with Gasteiger partial charge in [0.1, 0.15) is 0 Å². The summed E-state index contributed by atoms with van der Waals surface area (Å²) in [5.41, 5.74) is 0.0243. The molecule has 0 bridgehead atoms. The van der Waals surface area contributed by atoms with Gasteiger partial charge in [-0.1, -0.05) is 13.8 Å². The predicted octanol–water partition coefficient (Wildman–Crippen LogP) is 2.74. The number of nitrogens with zero attached hydrogens (tertiary/aromatic N) is 2. The molecule has 2 aliphatic carbocycles. The molecule has 0 radical (unpaired) electrons. The van der Waals surface area contributed by atoms with E-state index in [2.05, 4.69) is 43.0 Å². The molecular formula is C17H34IN3O2. The van der Waals surface area contributed by atoms with Crippen LogP contribution in [0.5, 0.6) is 0 Å². The number of likely N-dealkylation sites (N-methyl/N-ethyl adjacent to an activating group) is 1. The first-order chi connectivity index (χ1) is 10.3. The lowest BCUT2D eigenvalue weighted by Crippen LogP contribution is -2.69. The molecule has 0 aromatic heterocycles. The monoisotopic (exact) mass is 439 g/mol. The lowest BCUT2D eigenvalue weighted by Gasteiger charge is -2.59. The highest BCUT2D eigenvalue weighted by atomic mass is 127. The molecule has 0 heterocycles. The van der Waals surface area contributed by atoms with Crippen LogP contribution in [0.1, 0.15) is 40.0 Å². The molecule has 2 atom stereocenters. The van der Waals surface area contributed by atoms with Gasteiger partial charge in [0.05, 0.1) is 12.2 Å². The topological polar surface area (TPSA) is 46.1 Å². The van der Waals surface area contributed by atoms with Crippen LogP contribution in [-0.2, 0) is 9.47 Å². The number of halogens is 1. The maximum atomic E-state index is 5.72. The molecule has 6 heteroatoms. The van der Waals surface area contributed by atoms with E-state index in [0.717, 1.165) is 38.1 Å². The number of aliphatic imine (C=N–C) groups is 1. The summed E-state index contributed by atoms with van der Waals surface area (Å²) in [7, 11) is 5.71.